The standard InChI is InChI=1S/C20H23NO4S/c1-24-17-10-7-16(8-11-17)9-12-20(23)25-15-19(22)21-13-14-26-18-5-3-2-4-6-18/h2-8,10-11H,9,12-15H2,1H3,(H,21,22). The van der Waals surface area contributed by atoms with Crippen LogP contribution in [0.25, 0.3) is 0 Å². The maximum Gasteiger partial charge on any atom is 0.306 e. The van der Waals surface area contributed by atoms with Crippen LogP contribution in [-0.4, -0.2) is 37.9 Å². The third-order valence-electron chi connectivity index (χ3n) is 3.58. The third-order valence-corrected chi connectivity index (χ3v) is 4.59. The molecule has 0 aromatic heterocycles. The first-order valence-electron chi connectivity index (χ1n) is 8.40. The summed E-state index contributed by atoms with van der Waals surface area (Å²) < 4.78 is 10.1. The molecule has 138 valence electrons. The summed E-state index contributed by atoms with van der Waals surface area (Å²) >= 11 is 1.66. The number of carbonyl (C=O) groups is 2. The highest BCUT2D eigenvalue weighted by molar-refractivity contribution is 7.99. The monoisotopic (exact) mass is 373 g/mol. The van der Waals surface area contributed by atoms with E-state index in [0.29, 0.717) is 13.0 Å². The molecule has 0 bridgehead atoms. The summed E-state index contributed by atoms with van der Waals surface area (Å²) in [6.45, 7) is 0.291. The second-order valence-corrected chi connectivity index (χ2v) is 6.69. The lowest BCUT2D eigenvalue weighted by Crippen LogP contribution is -2.30. The van der Waals surface area contributed by atoms with E-state index in [1.54, 1.807) is 18.9 Å². The largest absolute Gasteiger partial charge is 0.497 e. The van der Waals surface area contributed by atoms with E-state index in [0.717, 1.165) is 22.0 Å². The fourth-order valence-corrected chi connectivity index (χ4v) is 2.97. The van der Waals surface area contributed by atoms with E-state index in [9.17, 15) is 9.59 Å². The highest BCUT2D eigenvalue weighted by Crippen LogP contribution is 2.15. The quantitative estimate of drug-likeness (QED) is 0.394. The van der Waals surface area contributed by atoms with Crippen molar-refractivity contribution >= 4 is 23.6 Å². The second-order valence-electron chi connectivity index (χ2n) is 5.52. The molecule has 0 aliphatic carbocycles. The van der Waals surface area contributed by atoms with Gasteiger partial charge in [0.2, 0.25) is 0 Å². The van der Waals surface area contributed by atoms with Crippen LogP contribution in [-0.2, 0) is 20.7 Å². The van der Waals surface area contributed by atoms with Crippen LogP contribution in [0, 0.1) is 0 Å². The smallest absolute Gasteiger partial charge is 0.306 e. The number of nitrogens with one attached hydrogen (secondary N) is 1. The van der Waals surface area contributed by atoms with E-state index in [2.05, 4.69) is 5.32 Å². The normalized spacial score (nSPS) is 10.2. The molecule has 6 heteroatoms. The molecule has 2 aromatic carbocycles. The van der Waals surface area contributed by atoms with Crippen LogP contribution in [0.5, 0.6) is 5.75 Å². The summed E-state index contributed by atoms with van der Waals surface area (Å²) in [4.78, 5) is 24.6. The molecule has 0 aliphatic rings. The van der Waals surface area contributed by atoms with Crippen molar-refractivity contribution in [3.8, 4) is 5.75 Å². The summed E-state index contributed by atoms with van der Waals surface area (Å²) in [7, 11) is 1.61. The number of hydrogen-bond donors (Lipinski definition) is 1. The number of amides is 1. The molecule has 26 heavy (non-hydrogen) atoms. The number of carbonyl (C=O) groups excluding carboxylic acids is 2. The van der Waals surface area contributed by atoms with Crippen LogP contribution in [0.15, 0.2) is 59.5 Å². The van der Waals surface area contributed by atoms with Crippen LogP contribution >= 0.6 is 11.8 Å². The first-order valence-corrected chi connectivity index (χ1v) is 9.39. The zero-order valence-electron chi connectivity index (χ0n) is 14.8. The maximum atomic E-state index is 11.7. The fraction of sp³-hybridized carbons (Fsp3) is 0.300. The molecule has 2 rings (SSSR count). The summed E-state index contributed by atoms with van der Waals surface area (Å²) in [6, 6.07) is 17.5. The molecule has 0 aliphatic heterocycles. The molecule has 5 nitrogen and oxygen atoms in total. The molecule has 1 amide bonds. The molecule has 0 unspecified atom stereocenters. The minimum absolute atomic E-state index is 0.239. The Morgan fingerprint density at radius 1 is 1.04 bits per heavy atom. The van der Waals surface area contributed by atoms with Gasteiger partial charge in [-0.25, -0.2) is 0 Å². The van der Waals surface area contributed by atoms with Crippen molar-refractivity contribution in [2.75, 3.05) is 26.0 Å². The topological polar surface area (TPSA) is 64.6 Å². The molecule has 0 atom stereocenters. The first-order chi connectivity index (χ1) is 12.7. The third kappa shape index (κ3) is 7.61. The van der Waals surface area contributed by atoms with Gasteiger partial charge in [-0.15, -0.1) is 11.8 Å². The van der Waals surface area contributed by atoms with Crippen LogP contribution < -0.4 is 10.1 Å². The van der Waals surface area contributed by atoms with Crippen molar-refractivity contribution in [1.29, 1.82) is 0 Å². The second kappa shape index (κ2) is 11.2. The summed E-state index contributed by atoms with van der Waals surface area (Å²) in [5.74, 6) is 0.880. The fourth-order valence-electron chi connectivity index (χ4n) is 2.18. The molecule has 0 saturated carbocycles. The van der Waals surface area contributed by atoms with E-state index < -0.39 is 0 Å². The lowest BCUT2D eigenvalue weighted by atomic mass is 10.1. The predicted molar refractivity (Wildman–Crippen MR) is 102 cm³/mol. The molecule has 0 heterocycles. The van der Waals surface area contributed by atoms with Crippen LogP contribution in [0.2, 0.25) is 0 Å². The molecular formula is C20H23NO4S. The molecule has 0 spiro atoms. The molecule has 0 fully saturated rings. The number of ether oxygens (including phenoxy) is 2. The average molecular weight is 373 g/mol. The highest BCUT2D eigenvalue weighted by atomic mass is 32.2. The maximum absolute atomic E-state index is 11.7. The van der Waals surface area contributed by atoms with Gasteiger partial charge in [-0.3, -0.25) is 9.59 Å². The van der Waals surface area contributed by atoms with Gasteiger partial charge in [-0.05, 0) is 36.2 Å². The SMILES string of the molecule is COc1ccc(CCC(=O)OCC(=O)NCCSc2ccccc2)cc1. The lowest BCUT2D eigenvalue weighted by molar-refractivity contribution is -0.148. The van der Waals surface area contributed by atoms with Crippen molar-refractivity contribution < 1.29 is 19.1 Å². The Morgan fingerprint density at radius 3 is 2.46 bits per heavy atom. The Bertz CT molecular complexity index is 689. The number of thioether (sulfide) groups is 1. The summed E-state index contributed by atoms with van der Waals surface area (Å²) in [6.07, 6.45) is 0.807. The predicted octanol–water partition coefficient (Wildman–Crippen LogP) is 3.08. The summed E-state index contributed by atoms with van der Waals surface area (Å²) in [5, 5.41) is 2.74. The molecule has 0 saturated heterocycles. The summed E-state index contributed by atoms with van der Waals surface area (Å²) in [5.41, 5.74) is 1.02. The Morgan fingerprint density at radius 2 is 1.77 bits per heavy atom. The van der Waals surface area contributed by atoms with Gasteiger partial charge in [0.1, 0.15) is 5.75 Å². The van der Waals surface area contributed by atoms with Crippen molar-refractivity contribution in [1.82, 2.24) is 5.32 Å². The van der Waals surface area contributed by atoms with Crippen LogP contribution in [0.3, 0.4) is 0 Å². The molecule has 0 radical (unpaired) electrons. The minimum Gasteiger partial charge on any atom is -0.497 e. The lowest BCUT2D eigenvalue weighted by Gasteiger charge is -2.07. The first kappa shape index (κ1) is 19.8. The Labute approximate surface area is 158 Å². The zero-order valence-corrected chi connectivity index (χ0v) is 15.6. The molecule has 2 aromatic rings. The number of methoxy groups -OCH3 is 1. The molecular weight excluding hydrogens is 350 g/mol. The Hall–Kier alpha value is -2.47. The molecule has 1 N–H and O–H groups in total. The van der Waals surface area contributed by atoms with Crippen molar-refractivity contribution in [3.63, 3.8) is 0 Å². The van der Waals surface area contributed by atoms with Crippen molar-refractivity contribution in [2.45, 2.75) is 17.7 Å². The van der Waals surface area contributed by atoms with E-state index >= 15 is 0 Å². The van der Waals surface area contributed by atoms with Crippen LogP contribution in [0.4, 0.5) is 0 Å². The van der Waals surface area contributed by atoms with Gasteiger partial charge in [0.25, 0.3) is 5.91 Å². The number of hydrogen-bond acceptors (Lipinski definition) is 5. The number of benzene rings is 2. The van der Waals surface area contributed by atoms with Gasteiger partial charge in [-0.2, -0.15) is 0 Å². The number of aryl methyl sites for hydroxylation is 1. The highest BCUT2D eigenvalue weighted by Gasteiger charge is 2.08. The van der Waals surface area contributed by atoms with Gasteiger partial charge in [0.15, 0.2) is 6.61 Å². The number of rotatable bonds is 10. The van der Waals surface area contributed by atoms with Crippen LogP contribution in [0.1, 0.15) is 12.0 Å². The van der Waals surface area contributed by atoms with Gasteiger partial charge in [-0.1, -0.05) is 30.3 Å². The van der Waals surface area contributed by atoms with E-state index in [1.807, 2.05) is 54.6 Å². The number of esters is 1. The van der Waals surface area contributed by atoms with Crippen molar-refractivity contribution in [3.05, 3.63) is 60.2 Å². The van der Waals surface area contributed by atoms with Gasteiger partial charge in [0, 0.05) is 23.6 Å². The minimum atomic E-state index is -0.380. The Kier molecular flexibility index (Phi) is 8.55. The van der Waals surface area contributed by atoms with E-state index in [4.69, 9.17) is 9.47 Å². The Balaban J connectivity index is 1.55. The van der Waals surface area contributed by atoms with E-state index in [-0.39, 0.29) is 24.9 Å². The van der Waals surface area contributed by atoms with Gasteiger partial charge in [0.05, 0.1) is 7.11 Å². The average Bonchev–Trinajstić information content (AvgIpc) is 2.69. The zero-order chi connectivity index (χ0) is 18.6. The van der Waals surface area contributed by atoms with Crippen molar-refractivity contribution in [2.24, 2.45) is 0 Å². The van der Waals surface area contributed by atoms with Gasteiger partial charge >= 0.3 is 5.97 Å². The van der Waals surface area contributed by atoms with Gasteiger partial charge < -0.3 is 14.8 Å². The van der Waals surface area contributed by atoms with E-state index in [1.165, 1.54) is 0 Å².